The second-order valence-electron chi connectivity index (χ2n) is 5.52. The molecular formula is C19H26IN3O. The number of guanidine groups is 1. The highest BCUT2D eigenvalue weighted by Crippen LogP contribution is 2.16. The van der Waals surface area contributed by atoms with Crippen LogP contribution >= 0.6 is 24.0 Å². The van der Waals surface area contributed by atoms with Crippen LogP contribution in [0, 0.1) is 13.8 Å². The van der Waals surface area contributed by atoms with Gasteiger partial charge in [-0.3, -0.25) is 4.99 Å². The number of nitrogens with zero attached hydrogens (tertiary/aromatic N) is 1. The fraction of sp³-hybridized carbons (Fsp3) is 0.316. The molecule has 0 saturated carbocycles. The lowest BCUT2D eigenvalue weighted by atomic mass is 10.1. The Hall–Kier alpha value is -1.76. The smallest absolute Gasteiger partial charge is 0.191 e. The number of benzene rings is 2. The van der Waals surface area contributed by atoms with Gasteiger partial charge >= 0.3 is 0 Å². The SMILES string of the molecule is CN=C(NCc1ccc(C)cc1C)NCc1ccccc1OC.I. The number of ether oxygens (including phenoxy) is 1. The van der Waals surface area contributed by atoms with Crippen molar-refractivity contribution in [2.24, 2.45) is 4.99 Å². The van der Waals surface area contributed by atoms with Gasteiger partial charge in [0.25, 0.3) is 0 Å². The average Bonchev–Trinajstić information content (AvgIpc) is 2.56. The van der Waals surface area contributed by atoms with Gasteiger partial charge in [-0.2, -0.15) is 0 Å². The van der Waals surface area contributed by atoms with Gasteiger partial charge in [-0.25, -0.2) is 0 Å². The first kappa shape index (κ1) is 20.3. The Balaban J connectivity index is 0.00000288. The molecule has 2 rings (SSSR count). The molecule has 0 aliphatic carbocycles. The molecule has 0 fully saturated rings. The van der Waals surface area contributed by atoms with Crippen LogP contribution < -0.4 is 15.4 Å². The van der Waals surface area contributed by atoms with Crippen molar-refractivity contribution in [1.82, 2.24) is 10.6 Å². The van der Waals surface area contributed by atoms with E-state index in [9.17, 15) is 0 Å². The van der Waals surface area contributed by atoms with E-state index in [1.807, 2.05) is 24.3 Å². The monoisotopic (exact) mass is 439 g/mol. The van der Waals surface area contributed by atoms with Crippen LogP contribution in [0.1, 0.15) is 22.3 Å². The maximum Gasteiger partial charge on any atom is 0.191 e. The molecule has 0 aliphatic heterocycles. The number of aryl methyl sites for hydroxylation is 2. The Morgan fingerprint density at radius 2 is 1.67 bits per heavy atom. The number of halogens is 1. The maximum atomic E-state index is 5.37. The van der Waals surface area contributed by atoms with Crippen molar-refractivity contribution < 1.29 is 4.74 Å². The quantitative estimate of drug-likeness (QED) is 0.424. The fourth-order valence-corrected chi connectivity index (χ4v) is 2.47. The Labute approximate surface area is 161 Å². The molecule has 5 heteroatoms. The minimum absolute atomic E-state index is 0. The Morgan fingerprint density at radius 3 is 2.29 bits per heavy atom. The van der Waals surface area contributed by atoms with Crippen molar-refractivity contribution in [3.05, 3.63) is 64.7 Å². The summed E-state index contributed by atoms with van der Waals surface area (Å²) >= 11 is 0. The summed E-state index contributed by atoms with van der Waals surface area (Å²) in [6, 6.07) is 14.5. The van der Waals surface area contributed by atoms with Crippen molar-refractivity contribution in [2.45, 2.75) is 26.9 Å². The molecule has 0 aromatic heterocycles. The van der Waals surface area contributed by atoms with Crippen molar-refractivity contribution in [3.63, 3.8) is 0 Å². The third kappa shape index (κ3) is 5.70. The summed E-state index contributed by atoms with van der Waals surface area (Å²) in [6.45, 7) is 5.65. The molecule has 0 aliphatic rings. The highest BCUT2D eigenvalue weighted by Gasteiger charge is 2.04. The van der Waals surface area contributed by atoms with Crippen molar-refractivity contribution in [2.75, 3.05) is 14.2 Å². The minimum Gasteiger partial charge on any atom is -0.496 e. The standard InChI is InChI=1S/C19H25N3O.HI/c1-14-9-10-16(15(2)11-14)12-21-19(20-3)22-13-17-7-5-6-8-18(17)23-4;/h5-11H,12-13H2,1-4H3,(H2,20,21,22);1H. The van der Waals surface area contributed by atoms with E-state index in [-0.39, 0.29) is 24.0 Å². The van der Waals surface area contributed by atoms with Gasteiger partial charge in [0.1, 0.15) is 5.75 Å². The van der Waals surface area contributed by atoms with Gasteiger partial charge in [0, 0.05) is 25.7 Å². The van der Waals surface area contributed by atoms with Crippen molar-refractivity contribution in [1.29, 1.82) is 0 Å². The second kappa shape index (κ2) is 10.2. The van der Waals surface area contributed by atoms with E-state index >= 15 is 0 Å². The van der Waals surface area contributed by atoms with Gasteiger partial charge in [-0.1, -0.05) is 42.0 Å². The topological polar surface area (TPSA) is 45.7 Å². The highest BCUT2D eigenvalue weighted by molar-refractivity contribution is 14.0. The summed E-state index contributed by atoms with van der Waals surface area (Å²) in [5.74, 6) is 1.65. The van der Waals surface area contributed by atoms with Gasteiger partial charge in [0.15, 0.2) is 5.96 Å². The Bertz CT molecular complexity index is 686. The minimum atomic E-state index is 0. The van der Waals surface area contributed by atoms with Crippen LogP contribution in [0.25, 0.3) is 0 Å². The number of rotatable bonds is 5. The molecule has 130 valence electrons. The summed E-state index contributed by atoms with van der Waals surface area (Å²) in [5, 5.41) is 6.67. The predicted octanol–water partition coefficient (Wildman–Crippen LogP) is 3.80. The summed E-state index contributed by atoms with van der Waals surface area (Å²) < 4.78 is 5.37. The van der Waals surface area contributed by atoms with Gasteiger partial charge in [-0.15, -0.1) is 24.0 Å². The fourth-order valence-electron chi connectivity index (χ4n) is 2.47. The van der Waals surface area contributed by atoms with Crippen LogP contribution in [0.15, 0.2) is 47.5 Å². The molecule has 0 amide bonds. The van der Waals surface area contributed by atoms with Crippen molar-refractivity contribution in [3.8, 4) is 5.75 Å². The number of methoxy groups -OCH3 is 1. The van der Waals surface area contributed by atoms with Crippen molar-refractivity contribution >= 4 is 29.9 Å². The largest absolute Gasteiger partial charge is 0.496 e. The predicted molar refractivity (Wildman–Crippen MR) is 111 cm³/mol. The molecule has 0 radical (unpaired) electrons. The van der Waals surface area contributed by atoms with Gasteiger partial charge < -0.3 is 15.4 Å². The molecule has 0 bridgehead atoms. The number of hydrogen-bond donors (Lipinski definition) is 2. The lowest BCUT2D eigenvalue weighted by Crippen LogP contribution is -2.36. The van der Waals surface area contributed by atoms with Crippen LogP contribution in [0.4, 0.5) is 0 Å². The number of hydrogen-bond acceptors (Lipinski definition) is 2. The molecule has 0 unspecified atom stereocenters. The van der Waals surface area contributed by atoms with E-state index in [1.165, 1.54) is 16.7 Å². The maximum absolute atomic E-state index is 5.37. The molecular weight excluding hydrogens is 413 g/mol. The van der Waals surface area contributed by atoms with Gasteiger partial charge in [0.05, 0.1) is 7.11 Å². The van der Waals surface area contributed by atoms with Gasteiger partial charge in [-0.05, 0) is 31.0 Å². The van der Waals surface area contributed by atoms with E-state index in [0.717, 1.165) is 23.8 Å². The van der Waals surface area contributed by atoms with E-state index in [4.69, 9.17) is 4.74 Å². The third-order valence-corrected chi connectivity index (χ3v) is 3.81. The molecule has 2 aromatic rings. The first-order chi connectivity index (χ1) is 11.1. The van der Waals surface area contributed by atoms with Crippen LogP contribution in [0.3, 0.4) is 0 Å². The van der Waals surface area contributed by atoms with E-state index < -0.39 is 0 Å². The third-order valence-electron chi connectivity index (χ3n) is 3.81. The van der Waals surface area contributed by atoms with Crippen LogP contribution in [0.2, 0.25) is 0 Å². The van der Waals surface area contributed by atoms with E-state index in [1.54, 1.807) is 14.2 Å². The number of nitrogens with one attached hydrogen (secondary N) is 2. The van der Waals surface area contributed by atoms with Crippen LogP contribution in [-0.4, -0.2) is 20.1 Å². The first-order valence-corrected chi connectivity index (χ1v) is 7.76. The zero-order chi connectivity index (χ0) is 16.7. The summed E-state index contributed by atoms with van der Waals surface area (Å²) in [6.07, 6.45) is 0. The zero-order valence-electron chi connectivity index (χ0n) is 14.7. The normalized spacial score (nSPS) is 10.8. The van der Waals surface area contributed by atoms with E-state index in [0.29, 0.717) is 6.54 Å². The van der Waals surface area contributed by atoms with E-state index in [2.05, 4.69) is 47.7 Å². The molecule has 0 atom stereocenters. The first-order valence-electron chi connectivity index (χ1n) is 7.76. The summed E-state index contributed by atoms with van der Waals surface area (Å²) in [5.41, 5.74) is 4.95. The molecule has 0 spiro atoms. The van der Waals surface area contributed by atoms with Crippen LogP contribution in [0.5, 0.6) is 5.75 Å². The summed E-state index contributed by atoms with van der Waals surface area (Å²) in [7, 11) is 3.46. The Morgan fingerprint density at radius 1 is 1.00 bits per heavy atom. The lowest BCUT2D eigenvalue weighted by molar-refractivity contribution is 0.409. The Kier molecular flexibility index (Phi) is 8.60. The number of aliphatic imine (C=N–C) groups is 1. The number of para-hydroxylation sites is 1. The average molecular weight is 439 g/mol. The molecule has 0 heterocycles. The highest BCUT2D eigenvalue weighted by atomic mass is 127. The zero-order valence-corrected chi connectivity index (χ0v) is 17.0. The molecule has 0 saturated heterocycles. The molecule has 2 N–H and O–H groups in total. The summed E-state index contributed by atoms with van der Waals surface area (Å²) in [4.78, 5) is 4.27. The van der Waals surface area contributed by atoms with Gasteiger partial charge in [0.2, 0.25) is 0 Å². The van der Waals surface area contributed by atoms with Crippen LogP contribution in [-0.2, 0) is 13.1 Å². The molecule has 4 nitrogen and oxygen atoms in total. The lowest BCUT2D eigenvalue weighted by Gasteiger charge is -2.14. The second-order valence-corrected chi connectivity index (χ2v) is 5.52. The molecule has 2 aromatic carbocycles. The molecule has 24 heavy (non-hydrogen) atoms.